The molecule has 0 spiro atoms. The molecule has 0 bridgehead atoms. The van der Waals surface area contributed by atoms with E-state index in [1.165, 1.54) is 53.2 Å². The second kappa shape index (κ2) is 8.67. The minimum absolute atomic E-state index is 1.09. The van der Waals surface area contributed by atoms with Gasteiger partial charge in [0, 0.05) is 31.5 Å². The Hall–Kier alpha value is -4.40. The van der Waals surface area contributed by atoms with E-state index in [0.717, 1.165) is 11.4 Å². The van der Waals surface area contributed by atoms with Crippen LogP contribution in [0.5, 0.6) is 0 Å². The molecule has 1 heterocycles. The van der Waals surface area contributed by atoms with Gasteiger partial charge in [0.2, 0.25) is 0 Å². The van der Waals surface area contributed by atoms with Gasteiger partial charge in [0.15, 0.2) is 0 Å². The lowest BCUT2D eigenvalue weighted by Crippen LogP contribution is -1.90. The zero-order chi connectivity index (χ0) is 23.9. The summed E-state index contributed by atoms with van der Waals surface area (Å²) in [5.74, 6) is 0. The van der Waals surface area contributed by atoms with Crippen molar-refractivity contribution in [3.05, 3.63) is 133 Å². The number of hydrogen-bond donors (Lipinski definition) is 1. The molecule has 0 saturated heterocycles. The van der Waals surface area contributed by atoms with Crippen molar-refractivity contribution in [2.45, 2.75) is 0 Å². The standard InChI is InChI=1S/C34H23NS/c1-2-8-23(9-3-1)25-11-6-12-26(20-25)27-13-7-14-28(21-27)35-29-17-18-31-33(22-29)36-32-19-16-24-10-4-5-15-30(24)34(31)32/h1-22,35H. The number of rotatable bonds is 4. The second-order valence-electron chi connectivity index (χ2n) is 9.13. The molecule has 1 N–H and O–H groups in total. The van der Waals surface area contributed by atoms with Crippen molar-refractivity contribution in [3.8, 4) is 22.3 Å². The molecule has 0 aliphatic heterocycles. The summed E-state index contributed by atoms with van der Waals surface area (Å²) in [7, 11) is 0. The van der Waals surface area contributed by atoms with Crippen molar-refractivity contribution in [3.63, 3.8) is 0 Å². The van der Waals surface area contributed by atoms with Crippen LogP contribution in [0.1, 0.15) is 0 Å². The molecule has 170 valence electrons. The molecule has 0 fully saturated rings. The third-order valence-electron chi connectivity index (χ3n) is 6.82. The van der Waals surface area contributed by atoms with E-state index >= 15 is 0 Å². The molecule has 2 heteroatoms. The number of fused-ring (bicyclic) bond motifs is 5. The van der Waals surface area contributed by atoms with E-state index in [-0.39, 0.29) is 0 Å². The van der Waals surface area contributed by atoms with Crippen LogP contribution < -0.4 is 5.32 Å². The Kier molecular flexibility index (Phi) is 5.04. The van der Waals surface area contributed by atoms with Gasteiger partial charge in [-0.3, -0.25) is 0 Å². The number of benzene rings is 6. The van der Waals surface area contributed by atoms with E-state index in [0.29, 0.717) is 0 Å². The molecule has 7 rings (SSSR count). The minimum atomic E-state index is 1.09. The second-order valence-corrected chi connectivity index (χ2v) is 10.2. The zero-order valence-corrected chi connectivity index (χ0v) is 20.4. The molecule has 0 unspecified atom stereocenters. The average molecular weight is 478 g/mol. The summed E-state index contributed by atoms with van der Waals surface area (Å²) in [4.78, 5) is 0. The summed E-state index contributed by atoms with van der Waals surface area (Å²) in [5, 5.41) is 8.94. The fourth-order valence-electron chi connectivity index (χ4n) is 5.08. The molecule has 0 aliphatic rings. The Morgan fingerprint density at radius 3 is 2.00 bits per heavy atom. The van der Waals surface area contributed by atoms with Crippen LogP contribution in [0, 0.1) is 0 Å². The fraction of sp³-hybridized carbons (Fsp3) is 0. The van der Waals surface area contributed by atoms with Gasteiger partial charge in [-0.2, -0.15) is 0 Å². The van der Waals surface area contributed by atoms with Crippen molar-refractivity contribution < 1.29 is 0 Å². The summed E-state index contributed by atoms with van der Waals surface area (Å²) >= 11 is 1.86. The highest BCUT2D eigenvalue weighted by molar-refractivity contribution is 7.26. The van der Waals surface area contributed by atoms with E-state index in [1.807, 2.05) is 11.3 Å². The summed E-state index contributed by atoms with van der Waals surface area (Å²) in [6, 6.07) is 47.8. The molecule has 0 saturated carbocycles. The van der Waals surface area contributed by atoms with Gasteiger partial charge >= 0.3 is 0 Å². The van der Waals surface area contributed by atoms with Gasteiger partial charge in [0.1, 0.15) is 0 Å². The van der Waals surface area contributed by atoms with Crippen molar-refractivity contribution >= 4 is 53.7 Å². The van der Waals surface area contributed by atoms with Crippen LogP contribution in [0.3, 0.4) is 0 Å². The lowest BCUT2D eigenvalue weighted by Gasteiger charge is -2.10. The molecule has 0 aliphatic carbocycles. The van der Waals surface area contributed by atoms with Crippen LogP contribution >= 0.6 is 11.3 Å². The SMILES string of the molecule is c1ccc(-c2cccc(-c3cccc(Nc4ccc5c(c4)sc4ccc6ccccc6c45)c3)c2)cc1. The fourth-order valence-corrected chi connectivity index (χ4v) is 6.24. The summed E-state index contributed by atoms with van der Waals surface area (Å²) in [6.45, 7) is 0. The van der Waals surface area contributed by atoms with Gasteiger partial charge in [-0.1, -0.05) is 97.1 Å². The Labute approximate surface area is 214 Å². The van der Waals surface area contributed by atoms with Crippen LogP contribution in [-0.4, -0.2) is 0 Å². The molecule has 7 aromatic rings. The molecule has 0 amide bonds. The molecule has 6 aromatic carbocycles. The molecule has 1 nitrogen and oxygen atoms in total. The van der Waals surface area contributed by atoms with Gasteiger partial charge in [-0.05, 0) is 69.4 Å². The van der Waals surface area contributed by atoms with Crippen LogP contribution in [0.25, 0.3) is 53.2 Å². The minimum Gasteiger partial charge on any atom is -0.355 e. The number of hydrogen-bond acceptors (Lipinski definition) is 2. The Morgan fingerprint density at radius 2 is 1.11 bits per heavy atom. The van der Waals surface area contributed by atoms with E-state index in [1.54, 1.807) is 0 Å². The van der Waals surface area contributed by atoms with Gasteiger partial charge in [0.05, 0.1) is 0 Å². The smallest absolute Gasteiger partial charge is 0.0398 e. The molecule has 36 heavy (non-hydrogen) atoms. The summed E-state index contributed by atoms with van der Waals surface area (Å²) in [6.07, 6.45) is 0. The topological polar surface area (TPSA) is 12.0 Å². The molecule has 1 aromatic heterocycles. The van der Waals surface area contributed by atoms with Gasteiger partial charge in [-0.25, -0.2) is 0 Å². The predicted octanol–water partition coefficient (Wildman–Crippen LogP) is 10.3. The molecular formula is C34H23NS. The third-order valence-corrected chi connectivity index (χ3v) is 7.93. The predicted molar refractivity (Wildman–Crippen MR) is 157 cm³/mol. The van der Waals surface area contributed by atoms with Crippen molar-refractivity contribution in [1.82, 2.24) is 0 Å². The van der Waals surface area contributed by atoms with E-state index < -0.39 is 0 Å². The van der Waals surface area contributed by atoms with E-state index in [2.05, 4.69) is 139 Å². The molecular weight excluding hydrogens is 454 g/mol. The highest BCUT2D eigenvalue weighted by atomic mass is 32.1. The number of anilines is 2. The normalized spacial score (nSPS) is 11.3. The highest BCUT2D eigenvalue weighted by Gasteiger charge is 2.10. The third kappa shape index (κ3) is 3.73. The highest BCUT2D eigenvalue weighted by Crippen LogP contribution is 2.40. The van der Waals surface area contributed by atoms with E-state index in [9.17, 15) is 0 Å². The first kappa shape index (κ1) is 20.9. The molecule has 0 atom stereocenters. The lowest BCUT2D eigenvalue weighted by molar-refractivity contribution is 1.55. The monoisotopic (exact) mass is 477 g/mol. The summed E-state index contributed by atoms with van der Waals surface area (Å²) < 4.78 is 2.64. The largest absolute Gasteiger partial charge is 0.355 e. The quantitative estimate of drug-likeness (QED) is 0.266. The van der Waals surface area contributed by atoms with Crippen LogP contribution in [0.2, 0.25) is 0 Å². The number of nitrogens with one attached hydrogen (secondary N) is 1. The van der Waals surface area contributed by atoms with Crippen molar-refractivity contribution in [2.75, 3.05) is 5.32 Å². The van der Waals surface area contributed by atoms with Crippen LogP contribution in [0.15, 0.2) is 133 Å². The Morgan fingerprint density at radius 1 is 0.417 bits per heavy atom. The Balaban J connectivity index is 1.23. The van der Waals surface area contributed by atoms with Crippen molar-refractivity contribution in [2.24, 2.45) is 0 Å². The van der Waals surface area contributed by atoms with Crippen LogP contribution in [-0.2, 0) is 0 Å². The van der Waals surface area contributed by atoms with Gasteiger partial charge in [0.25, 0.3) is 0 Å². The van der Waals surface area contributed by atoms with E-state index in [4.69, 9.17) is 0 Å². The maximum Gasteiger partial charge on any atom is 0.0398 e. The zero-order valence-electron chi connectivity index (χ0n) is 19.6. The van der Waals surface area contributed by atoms with Crippen molar-refractivity contribution in [1.29, 1.82) is 0 Å². The first-order valence-electron chi connectivity index (χ1n) is 12.2. The summed E-state index contributed by atoms with van der Waals surface area (Å²) in [5.41, 5.74) is 7.07. The Bertz CT molecular complexity index is 1860. The number of thiophene rings is 1. The van der Waals surface area contributed by atoms with Gasteiger partial charge in [-0.15, -0.1) is 11.3 Å². The van der Waals surface area contributed by atoms with Crippen LogP contribution in [0.4, 0.5) is 11.4 Å². The maximum atomic E-state index is 3.64. The first-order chi connectivity index (χ1) is 17.8. The maximum absolute atomic E-state index is 3.64. The average Bonchev–Trinajstić information content (AvgIpc) is 3.32. The lowest BCUT2D eigenvalue weighted by atomic mass is 9.99. The van der Waals surface area contributed by atoms with Gasteiger partial charge < -0.3 is 5.32 Å². The molecule has 0 radical (unpaired) electrons. The first-order valence-corrected chi connectivity index (χ1v) is 13.0.